The lowest BCUT2D eigenvalue weighted by molar-refractivity contribution is -0.153. The first-order valence-corrected chi connectivity index (χ1v) is 20.7. The van der Waals surface area contributed by atoms with Crippen molar-refractivity contribution >= 4 is 12.1 Å². The first kappa shape index (κ1) is 41.2. The third kappa shape index (κ3) is 10.1. The zero-order chi connectivity index (χ0) is 37.1. The van der Waals surface area contributed by atoms with E-state index >= 15 is 0 Å². The Morgan fingerprint density at radius 1 is 0.940 bits per heavy atom. The van der Waals surface area contributed by atoms with E-state index < -0.39 is 22.8 Å². The summed E-state index contributed by atoms with van der Waals surface area (Å²) < 4.78 is 17.9. The molecule has 0 heterocycles. The molecule has 1 N–H and O–H groups in total. The molecule has 0 radical (unpaired) electrons. The Balaban J connectivity index is 1.26. The molecule has 1 amide bonds. The largest absolute Gasteiger partial charge is 0.462 e. The van der Waals surface area contributed by atoms with E-state index in [1.54, 1.807) is 5.57 Å². The van der Waals surface area contributed by atoms with Crippen LogP contribution >= 0.6 is 0 Å². The van der Waals surface area contributed by atoms with Crippen molar-refractivity contribution in [1.29, 1.82) is 0 Å². The van der Waals surface area contributed by atoms with Gasteiger partial charge in [0.1, 0.15) is 11.7 Å². The SMILES string of the molecule is CCC(C)(CCC(=O)OC1CCC2(C)C(=CCC3C2CCC2(C)C(C(C)CCCC(C)C)CCC32)C1)OCCC(C)(C)NC(=O)OC(C)(C)C. The zero-order valence-corrected chi connectivity index (χ0v) is 34.5. The third-order valence-corrected chi connectivity index (χ3v) is 14.2. The number of esters is 1. The van der Waals surface area contributed by atoms with Crippen molar-refractivity contribution in [2.45, 2.75) is 202 Å². The normalized spacial score (nSPS) is 33.0. The minimum atomic E-state index is -0.539. The Labute approximate surface area is 307 Å². The van der Waals surface area contributed by atoms with E-state index in [1.807, 2.05) is 34.6 Å². The Kier molecular flexibility index (Phi) is 13.4. The lowest BCUT2D eigenvalue weighted by atomic mass is 9.47. The minimum absolute atomic E-state index is 0.0108. The number of allylic oxidation sites excluding steroid dienone is 1. The standard InChI is InChI=1S/C44H77NO5/c1-13-42(10,48-28-27-41(8,9)45-39(47)50-40(5,6)7)24-23-38(46)49-33-21-25-43(11)32(29-33)17-18-34-36-20-19-35(31(4)16-14-15-30(2)3)44(36,12)26-22-37(34)43/h17,30-31,33-37H,13-16,18-29H2,1-12H3,(H,45,47). The molecule has 0 aliphatic heterocycles. The van der Waals surface area contributed by atoms with Crippen LogP contribution in [0.3, 0.4) is 0 Å². The highest BCUT2D eigenvalue weighted by atomic mass is 16.6. The van der Waals surface area contributed by atoms with Gasteiger partial charge >= 0.3 is 12.1 Å². The summed E-state index contributed by atoms with van der Waals surface area (Å²) in [4.78, 5) is 25.5. The number of nitrogens with one attached hydrogen (secondary N) is 1. The molecule has 6 heteroatoms. The van der Waals surface area contributed by atoms with E-state index in [2.05, 4.69) is 59.9 Å². The summed E-state index contributed by atoms with van der Waals surface area (Å²) in [5.41, 5.74) is 0.913. The summed E-state index contributed by atoms with van der Waals surface area (Å²) in [5.74, 6) is 4.91. The summed E-state index contributed by atoms with van der Waals surface area (Å²) in [7, 11) is 0. The summed E-state index contributed by atoms with van der Waals surface area (Å²) >= 11 is 0. The molecule has 0 bridgehead atoms. The number of hydrogen-bond acceptors (Lipinski definition) is 5. The number of carbonyl (C=O) groups excluding carboxylic acids is 2. The first-order chi connectivity index (χ1) is 23.2. The highest BCUT2D eigenvalue weighted by Gasteiger charge is 2.59. The van der Waals surface area contributed by atoms with Crippen LogP contribution in [0.5, 0.6) is 0 Å². The zero-order valence-electron chi connectivity index (χ0n) is 34.5. The topological polar surface area (TPSA) is 73.9 Å². The molecule has 4 aliphatic carbocycles. The molecule has 288 valence electrons. The average Bonchev–Trinajstić information content (AvgIpc) is 3.36. The van der Waals surface area contributed by atoms with Gasteiger partial charge in [-0.05, 0) is 152 Å². The number of alkyl carbamates (subject to hydrolysis) is 1. The summed E-state index contributed by atoms with van der Waals surface area (Å²) in [6, 6.07) is 0. The van der Waals surface area contributed by atoms with Crippen molar-refractivity contribution in [3.63, 3.8) is 0 Å². The summed E-state index contributed by atoms with van der Waals surface area (Å²) in [6.45, 7) is 26.7. The second-order valence-electron chi connectivity index (χ2n) is 20.1. The van der Waals surface area contributed by atoms with Crippen molar-refractivity contribution in [2.24, 2.45) is 46.3 Å². The van der Waals surface area contributed by atoms with E-state index in [-0.39, 0.29) is 17.5 Å². The maximum atomic E-state index is 13.2. The van der Waals surface area contributed by atoms with Crippen LogP contribution in [0.4, 0.5) is 4.79 Å². The van der Waals surface area contributed by atoms with Gasteiger partial charge in [0, 0.05) is 25.0 Å². The van der Waals surface area contributed by atoms with Crippen LogP contribution in [0.1, 0.15) is 179 Å². The molecule has 9 unspecified atom stereocenters. The molecule has 0 spiro atoms. The number of rotatable bonds is 15. The highest BCUT2D eigenvalue weighted by Crippen LogP contribution is 2.67. The molecule has 9 atom stereocenters. The molecule has 3 saturated carbocycles. The van der Waals surface area contributed by atoms with Crippen molar-refractivity contribution in [3.05, 3.63) is 11.6 Å². The number of ether oxygens (including phenoxy) is 3. The molecular weight excluding hydrogens is 622 g/mol. The maximum absolute atomic E-state index is 13.2. The third-order valence-electron chi connectivity index (χ3n) is 14.2. The molecule has 0 aromatic heterocycles. The van der Waals surface area contributed by atoms with Gasteiger partial charge in [-0.2, -0.15) is 0 Å². The second kappa shape index (κ2) is 16.2. The number of hydrogen-bond donors (Lipinski definition) is 1. The number of fused-ring (bicyclic) bond motifs is 5. The van der Waals surface area contributed by atoms with Crippen molar-refractivity contribution in [1.82, 2.24) is 5.32 Å². The van der Waals surface area contributed by atoms with Gasteiger partial charge in [-0.25, -0.2) is 4.79 Å². The van der Waals surface area contributed by atoms with Gasteiger partial charge in [0.05, 0.1) is 5.60 Å². The fraction of sp³-hybridized carbons (Fsp3) is 0.909. The van der Waals surface area contributed by atoms with E-state index in [4.69, 9.17) is 14.2 Å². The van der Waals surface area contributed by atoms with Gasteiger partial charge < -0.3 is 19.5 Å². The molecule has 6 nitrogen and oxygen atoms in total. The van der Waals surface area contributed by atoms with Gasteiger partial charge in [0.15, 0.2) is 0 Å². The number of carbonyl (C=O) groups is 2. The smallest absolute Gasteiger partial charge is 0.408 e. The van der Waals surface area contributed by atoms with Crippen LogP contribution in [0.15, 0.2) is 11.6 Å². The van der Waals surface area contributed by atoms with Gasteiger partial charge in [0.2, 0.25) is 0 Å². The Bertz CT molecular complexity index is 1190. The van der Waals surface area contributed by atoms with Crippen LogP contribution in [0.25, 0.3) is 0 Å². The van der Waals surface area contributed by atoms with Crippen molar-refractivity contribution in [3.8, 4) is 0 Å². The minimum Gasteiger partial charge on any atom is -0.462 e. The monoisotopic (exact) mass is 700 g/mol. The van der Waals surface area contributed by atoms with E-state index in [9.17, 15) is 9.59 Å². The summed E-state index contributed by atoms with van der Waals surface area (Å²) in [5, 5.41) is 2.96. The molecule has 0 saturated heterocycles. The van der Waals surface area contributed by atoms with Crippen LogP contribution in [0.2, 0.25) is 0 Å². The van der Waals surface area contributed by atoms with Gasteiger partial charge in [-0.1, -0.05) is 72.5 Å². The van der Waals surface area contributed by atoms with Crippen LogP contribution in [0, 0.1) is 46.3 Å². The molecule has 4 rings (SSSR count). The first-order valence-electron chi connectivity index (χ1n) is 20.7. The molecule has 3 fully saturated rings. The fourth-order valence-electron chi connectivity index (χ4n) is 10.9. The predicted molar refractivity (Wildman–Crippen MR) is 205 cm³/mol. The molecule has 4 aliphatic rings. The maximum Gasteiger partial charge on any atom is 0.408 e. The van der Waals surface area contributed by atoms with E-state index in [0.29, 0.717) is 31.3 Å². The molecule has 0 aromatic rings. The van der Waals surface area contributed by atoms with E-state index in [0.717, 1.165) is 61.2 Å². The molecular formula is C44H77NO5. The quantitative estimate of drug-likeness (QED) is 0.136. The van der Waals surface area contributed by atoms with Crippen LogP contribution < -0.4 is 5.32 Å². The van der Waals surface area contributed by atoms with Gasteiger partial charge in [0.25, 0.3) is 0 Å². The Hall–Kier alpha value is -1.56. The molecule has 0 aromatic carbocycles. The van der Waals surface area contributed by atoms with Gasteiger partial charge in [-0.3, -0.25) is 4.79 Å². The van der Waals surface area contributed by atoms with Gasteiger partial charge in [-0.15, -0.1) is 0 Å². The molecule has 50 heavy (non-hydrogen) atoms. The highest BCUT2D eigenvalue weighted by molar-refractivity contribution is 5.69. The number of amides is 1. The fourth-order valence-corrected chi connectivity index (χ4v) is 10.9. The Morgan fingerprint density at radius 3 is 2.32 bits per heavy atom. The lowest BCUT2D eigenvalue weighted by Crippen LogP contribution is -2.51. The second-order valence-corrected chi connectivity index (χ2v) is 20.1. The van der Waals surface area contributed by atoms with Crippen LogP contribution in [-0.4, -0.2) is 41.5 Å². The Morgan fingerprint density at radius 2 is 1.66 bits per heavy atom. The summed E-state index contributed by atoms with van der Waals surface area (Å²) in [6.07, 6.45) is 18.6. The van der Waals surface area contributed by atoms with Crippen LogP contribution in [-0.2, 0) is 19.0 Å². The predicted octanol–water partition coefficient (Wildman–Crippen LogP) is 11.6. The van der Waals surface area contributed by atoms with E-state index in [1.165, 1.54) is 51.4 Å². The lowest BCUT2D eigenvalue weighted by Gasteiger charge is -2.58. The van der Waals surface area contributed by atoms with Crippen molar-refractivity contribution in [2.75, 3.05) is 6.61 Å². The van der Waals surface area contributed by atoms with Crippen molar-refractivity contribution < 1.29 is 23.8 Å². The average molecular weight is 700 g/mol.